The molecule has 1 saturated heterocycles. The number of ether oxygens (including phenoxy) is 2. The first-order chi connectivity index (χ1) is 13.2. The molecule has 2 heterocycles. The average Bonchev–Trinajstić information content (AvgIpc) is 3.34. The van der Waals surface area contributed by atoms with E-state index in [1.54, 1.807) is 18.0 Å². The lowest BCUT2D eigenvalue weighted by Gasteiger charge is -2.29. The SMILES string of the molecule is O=C1CSC(c2ccccc2Cl)N1CC(Cc1ccccc1)C1=COCO1. The lowest BCUT2D eigenvalue weighted by molar-refractivity contribution is -0.128. The number of rotatable bonds is 6. The third-order valence-corrected chi connectivity index (χ3v) is 6.36. The van der Waals surface area contributed by atoms with Crippen LogP contribution in [0, 0.1) is 5.92 Å². The van der Waals surface area contributed by atoms with Crippen molar-refractivity contribution in [3.05, 3.63) is 82.8 Å². The number of benzene rings is 2. The zero-order chi connectivity index (χ0) is 18.6. The molecule has 2 aliphatic rings. The second-order valence-corrected chi connectivity index (χ2v) is 8.04. The molecule has 0 saturated carbocycles. The van der Waals surface area contributed by atoms with Gasteiger partial charge < -0.3 is 14.4 Å². The Balaban J connectivity index is 1.58. The van der Waals surface area contributed by atoms with E-state index < -0.39 is 0 Å². The Labute approximate surface area is 168 Å². The number of hydrogen-bond acceptors (Lipinski definition) is 4. The minimum Gasteiger partial charge on any atom is -0.462 e. The van der Waals surface area contributed by atoms with Gasteiger partial charge in [-0.05, 0) is 18.1 Å². The summed E-state index contributed by atoms with van der Waals surface area (Å²) >= 11 is 8.02. The second kappa shape index (κ2) is 8.28. The summed E-state index contributed by atoms with van der Waals surface area (Å²) in [5.41, 5.74) is 2.18. The predicted octanol–water partition coefficient (Wildman–Crippen LogP) is 4.62. The number of halogens is 1. The van der Waals surface area contributed by atoms with Gasteiger partial charge >= 0.3 is 0 Å². The summed E-state index contributed by atoms with van der Waals surface area (Å²) in [6.07, 6.45) is 2.45. The molecule has 0 radical (unpaired) electrons. The topological polar surface area (TPSA) is 38.8 Å². The third-order valence-electron chi connectivity index (χ3n) is 4.78. The molecule has 2 atom stereocenters. The van der Waals surface area contributed by atoms with Gasteiger partial charge in [0.15, 0.2) is 0 Å². The van der Waals surface area contributed by atoms with Gasteiger partial charge in [0.05, 0.1) is 5.75 Å². The van der Waals surface area contributed by atoms with Gasteiger partial charge in [-0.1, -0.05) is 60.1 Å². The summed E-state index contributed by atoms with van der Waals surface area (Å²) in [6.45, 7) is 0.795. The minimum absolute atomic E-state index is 0.0301. The van der Waals surface area contributed by atoms with Crippen molar-refractivity contribution in [2.45, 2.75) is 11.8 Å². The summed E-state index contributed by atoms with van der Waals surface area (Å²) in [6, 6.07) is 18.0. The largest absolute Gasteiger partial charge is 0.462 e. The number of thioether (sulfide) groups is 1. The minimum atomic E-state index is -0.0765. The van der Waals surface area contributed by atoms with Crippen molar-refractivity contribution in [2.75, 3.05) is 19.1 Å². The fraction of sp³-hybridized carbons (Fsp3) is 0.286. The first-order valence-electron chi connectivity index (χ1n) is 8.86. The van der Waals surface area contributed by atoms with Crippen molar-refractivity contribution in [1.29, 1.82) is 0 Å². The van der Waals surface area contributed by atoms with Gasteiger partial charge in [-0.3, -0.25) is 4.79 Å². The number of carbonyl (C=O) groups is 1. The van der Waals surface area contributed by atoms with E-state index in [1.165, 1.54) is 5.56 Å². The Morgan fingerprint density at radius 3 is 2.67 bits per heavy atom. The van der Waals surface area contributed by atoms with Gasteiger partial charge in [0, 0.05) is 23.0 Å². The molecule has 140 valence electrons. The molecule has 2 aliphatic heterocycles. The summed E-state index contributed by atoms with van der Waals surface area (Å²) in [5, 5.41) is 0.612. The maximum Gasteiger partial charge on any atom is 0.233 e. The van der Waals surface area contributed by atoms with Crippen LogP contribution in [0.2, 0.25) is 5.02 Å². The Bertz CT molecular complexity index is 842. The molecule has 27 heavy (non-hydrogen) atoms. The van der Waals surface area contributed by atoms with Gasteiger partial charge in [0.1, 0.15) is 17.4 Å². The summed E-state index contributed by atoms with van der Waals surface area (Å²) < 4.78 is 10.9. The Morgan fingerprint density at radius 1 is 1.15 bits per heavy atom. The molecule has 4 rings (SSSR count). The van der Waals surface area contributed by atoms with E-state index >= 15 is 0 Å². The average molecular weight is 402 g/mol. The lowest BCUT2D eigenvalue weighted by Crippen LogP contribution is -2.35. The molecular weight excluding hydrogens is 382 g/mol. The van der Waals surface area contributed by atoms with Crippen molar-refractivity contribution >= 4 is 29.3 Å². The number of nitrogens with zero attached hydrogens (tertiary/aromatic N) is 1. The van der Waals surface area contributed by atoms with E-state index in [1.807, 2.05) is 47.4 Å². The molecule has 2 aromatic carbocycles. The monoisotopic (exact) mass is 401 g/mol. The molecule has 1 fully saturated rings. The van der Waals surface area contributed by atoms with Crippen molar-refractivity contribution in [3.63, 3.8) is 0 Å². The molecule has 1 amide bonds. The third kappa shape index (κ3) is 4.09. The lowest BCUT2D eigenvalue weighted by atomic mass is 9.96. The maximum absolute atomic E-state index is 12.6. The van der Waals surface area contributed by atoms with Crippen LogP contribution in [-0.2, 0) is 20.7 Å². The van der Waals surface area contributed by atoms with Crippen LogP contribution in [0.4, 0.5) is 0 Å². The number of carbonyl (C=O) groups excluding carboxylic acids is 1. The van der Waals surface area contributed by atoms with E-state index in [2.05, 4.69) is 12.1 Å². The standard InChI is InChI=1S/C21H20ClNO3S/c22-18-9-5-4-8-17(18)21-23(20(24)13-27-21)11-16(19-12-25-14-26-19)10-15-6-2-1-3-7-15/h1-9,12,16,21H,10-11,13-14H2. The summed E-state index contributed by atoms with van der Waals surface area (Å²) in [5.74, 6) is 1.41. The van der Waals surface area contributed by atoms with Gasteiger partial charge in [-0.25, -0.2) is 0 Å². The molecule has 0 N–H and O–H groups in total. The van der Waals surface area contributed by atoms with Crippen LogP contribution < -0.4 is 0 Å². The maximum atomic E-state index is 12.6. The molecule has 6 heteroatoms. The van der Waals surface area contributed by atoms with E-state index in [4.69, 9.17) is 21.1 Å². The zero-order valence-corrected chi connectivity index (χ0v) is 16.3. The van der Waals surface area contributed by atoms with Gasteiger partial charge in [0.25, 0.3) is 0 Å². The molecule has 0 bridgehead atoms. The highest BCUT2D eigenvalue weighted by atomic mass is 35.5. The van der Waals surface area contributed by atoms with Crippen LogP contribution in [0.1, 0.15) is 16.5 Å². The Morgan fingerprint density at radius 2 is 1.93 bits per heavy atom. The van der Waals surface area contributed by atoms with E-state index in [-0.39, 0.29) is 24.0 Å². The van der Waals surface area contributed by atoms with Crippen LogP contribution in [0.15, 0.2) is 66.6 Å². The molecule has 0 spiro atoms. The smallest absolute Gasteiger partial charge is 0.233 e. The predicted molar refractivity (Wildman–Crippen MR) is 107 cm³/mol. The molecule has 0 aliphatic carbocycles. The highest BCUT2D eigenvalue weighted by Gasteiger charge is 2.36. The Hall–Kier alpha value is -2.11. The molecule has 0 aromatic heterocycles. The van der Waals surface area contributed by atoms with Gasteiger partial charge in [-0.2, -0.15) is 0 Å². The highest BCUT2D eigenvalue weighted by molar-refractivity contribution is 8.00. The van der Waals surface area contributed by atoms with Crippen molar-refractivity contribution in [2.24, 2.45) is 5.92 Å². The summed E-state index contributed by atoms with van der Waals surface area (Å²) in [4.78, 5) is 14.6. The molecule has 4 nitrogen and oxygen atoms in total. The van der Waals surface area contributed by atoms with Crippen LogP contribution in [-0.4, -0.2) is 29.9 Å². The Kier molecular flexibility index (Phi) is 5.60. The first kappa shape index (κ1) is 18.3. The van der Waals surface area contributed by atoms with Crippen molar-refractivity contribution in [3.8, 4) is 0 Å². The number of hydrogen-bond donors (Lipinski definition) is 0. The van der Waals surface area contributed by atoms with E-state index in [9.17, 15) is 4.79 Å². The molecule has 2 unspecified atom stereocenters. The van der Waals surface area contributed by atoms with E-state index in [0.29, 0.717) is 17.3 Å². The second-order valence-electron chi connectivity index (χ2n) is 6.57. The number of amides is 1. The van der Waals surface area contributed by atoms with E-state index in [0.717, 1.165) is 17.7 Å². The molecule has 2 aromatic rings. The first-order valence-corrected chi connectivity index (χ1v) is 10.3. The fourth-order valence-corrected chi connectivity index (χ4v) is 4.98. The fourth-order valence-electron chi connectivity index (χ4n) is 3.44. The van der Waals surface area contributed by atoms with Gasteiger partial charge in [-0.15, -0.1) is 11.8 Å². The quantitative estimate of drug-likeness (QED) is 0.708. The summed E-state index contributed by atoms with van der Waals surface area (Å²) in [7, 11) is 0. The van der Waals surface area contributed by atoms with Crippen LogP contribution in [0.25, 0.3) is 0 Å². The normalized spacial score (nSPS) is 20.2. The van der Waals surface area contributed by atoms with Crippen LogP contribution >= 0.6 is 23.4 Å². The zero-order valence-electron chi connectivity index (χ0n) is 14.7. The van der Waals surface area contributed by atoms with Crippen molar-refractivity contribution in [1.82, 2.24) is 4.90 Å². The van der Waals surface area contributed by atoms with Crippen LogP contribution in [0.5, 0.6) is 0 Å². The van der Waals surface area contributed by atoms with Gasteiger partial charge in [0.2, 0.25) is 12.7 Å². The van der Waals surface area contributed by atoms with Crippen molar-refractivity contribution < 1.29 is 14.3 Å². The highest BCUT2D eigenvalue weighted by Crippen LogP contribution is 2.42. The van der Waals surface area contributed by atoms with Crippen LogP contribution in [0.3, 0.4) is 0 Å². The molecular formula is C21H20ClNO3S.